The van der Waals surface area contributed by atoms with E-state index in [2.05, 4.69) is 30.9 Å². The summed E-state index contributed by atoms with van der Waals surface area (Å²) in [4.78, 5) is 62.5. The number of carbonyl (C=O) groups excluding carboxylic acids is 3. The van der Waals surface area contributed by atoms with Gasteiger partial charge in [-0.25, -0.2) is 9.78 Å². The van der Waals surface area contributed by atoms with Crippen molar-refractivity contribution in [3.05, 3.63) is 84.1 Å². The lowest BCUT2D eigenvalue weighted by Crippen LogP contribution is -2.58. The maximum absolute atomic E-state index is 13.9. The zero-order valence-corrected chi connectivity index (χ0v) is 25.1. The van der Waals surface area contributed by atoms with Crippen molar-refractivity contribution in [2.24, 2.45) is 11.7 Å². The van der Waals surface area contributed by atoms with Crippen LogP contribution in [0.15, 0.2) is 67.3 Å². The highest BCUT2D eigenvalue weighted by molar-refractivity contribution is 5.95. The van der Waals surface area contributed by atoms with Gasteiger partial charge in [0.15, 0.2) is 0 Å². The summed E-state index contributed by atoms with van der Waals surface area (Å²) >= 11 is 0. The standard InChI is InChI=1S/C32H39N7O6/c1-18(2)11-24(33)29(41)37-27(13-20-15-35-25-6-4-3-5-23(20)25)31(43)38-26(12-19-7-9-22(40)10-8-19)30(42)39-28(32(44)45)14-21-16-34-17-36-21/h3-10,15-18,24,26-28,35,40H,11-14,33H2,1-2H3,(H,34,36)(H,37,41)(H,38,43)(H,39,42)(H,44,45). The lowest BCUT2D eigenvalue weighted by Gasteiger charge is -2.25. The molecule has 2 aromatic carbocycles. The number of carbonyl (C=O) groups is 4. The van der Waals surface area contributed by atoms with Gasteiger partial charge in [-0.1, -0.05) is 44.2 Å². The van der Waals surface area contributed by atoms with Crippen molar-refractivity contribution in [1.29, 1.82) is 0 Å². The van der Waals surface area contributed by atoms with Crippen molar-refractivity contribution in [1.82, 2.24) is 30.9 Å². The Morgan fingerprint density at radius 3 is 2.13 bits per heavy atom. The zero-order valence-electron chi connectivity index (χ0n) is 25.1. The Morgan fingerprint density at radius 1 is 0.844 bits per heavy atom. The van der Waals surface area contributed by atoms with Gasteiger partial charge in [0.2, 0.25) is 17.7 Å². The number of nitrogens with two attached hydrogens (primary N) is 1. The van der Waals surface area contributed by atoms with Gasteiger partial charge >= 0.3 is 5.97 Å². The number of rotatable bonds is 15. The summed E-state index contributed by atoms with van der Waals surface area (Å²) in [6.45, 7) is 3.87. The van der Waals surface area contributed by atoms with Crippen LogP contribution in [0.2, 0.25) is 0 Å². The van der Waals surface area contributed by atoms with Crippen molar-refractivity contribution in [2.45, 2.75) is 63.7 Å². The minimum Gasteiger partial charge on any atom is -0.508 e. The highest BCUT2D eigenvalue weighted by atomic mass is 16.4. The molecule has 0 fully saturated rings. The molecule has 0 aliphatic rings. The number of aromatic hydroxyl groups is 1. The van der Waals surface area contributed by atoms with Crippen molar-refractivity contribution in [3.63, 3.8) is 0 Å². The van der Waals surface area contributed by atoms with E-state index in [9.17, 15) is 29.4 Å². The van der Waals surface area contributed by atoms with Gasteiger partial charge in [0, 0.05) is 48.3 Å². The van der Waals surface area contributed by atoms with Crippen LogP contribution >= 0.6 is 0 Å². The molecule has 0 saturated heterocycles. The molecule has 0 aliphatic carbocycles. The lowest BCUT2D eigenvalue weighted by atomic mass is 10.00. The van der Waals surface area contributed by atoms with E-state index in [0.29, 0.717) is 17.7 Å². The molecule has 238 valence electrons. The summed E-state index contributed by atoms with van der Waals surface area (Å²) in [5, 5.41) is 28.4. The SMILES string of the molecule is CC(C)CC(N)C(=O)NC(Cc1c[nH]c2ccccc12)C(=O)NC(Cc1ccc(O)cc1)C(=O)NC(Cc1cnc[nH]1)C(=O)O. The molecule has 4 aromatic rings. The van der Waals surface area contributed by atoms with E-state index in [1.54, 1.807) is 18.3 Å². The lowest BCUT2D eigenvalue weighted by molar-refractivity contribution is -0.142. The van der Waals surface area contributed by atoms with Crippen LogP contribution in [0.5, 0.6) is 5.75 Å². The van der Waals surface area contributed by atoms with Crippen molar-refractivity contribution >= 4 is 34.6 Å². The molecular weight excluding hydrogens is 578 g/mol. The largest absolute Gasteiger partial charge is 0.508 e. The van der Waals surface area contributed by atoms with Crippen molar-refractivity contribution < 1.29 is 29.4 Å². The van der Waals surface area contributed by atoms with Crippen LogP contribution in [0.25, 0.3) is 10.9 Å². The molecule has 9 N–H and O–H groups in total. The number of benzene rings is 2. The first-order chi connectivity index (χ1) is 21.5. The second kappa shape index (κ2) is 15.0. The van der Waals surface area contributed by atoms with Crippen LogP contribution in [-0.2, 0) is 38.4 Å². The number of carboxylic acid groups (broad SMARTS) is 1. The molecule has 2 aromatic heterocycles. The predicted molar refractivity (Wildman–Crippen MR) is 167 cm³/mol. The van der Waals surface area contributed by atoms with Gasteiger partial charge in [-0.05, 0) is 41.7 Å². The quantitative estimate of drug-likeness (QED) is 0.0977. The van der Waals surface area contributed by atoms with Gasteiger partial charge in [-0.15, -0.1) is 0 Å². The summed E-state index contributed by atoms with van der Waals surface area (Å²) in [5.74, 6) is -2.99. The van der Waals surface area contributed by atoms with Gasteiger partial charge in [0.05, 0.1) is 12.4 Å². The second-order valence-electron chi connectivity index (χ2n) is 11.5. The smallest absolute Gasteiger partial charge is 0.326 e. The fourth-order valence-electron chi connectivity index (χ4n) is 5.06. The number of phenolic OH excluding ortho intramolecular Hbond substituents is 1. The molecule has 0 spiro atoms. The molecule has 4 atom stereocenters. The van der Waals surface area contributed by atoms with E-state index in [0.717, 1.165) is 16.5 Å². The number of aromatic amines is 2. The van der Waals surface area contributed by atoms with E-state index in [4.69, 9.17) is 5.73 Å². The molecule has 3 amide bonds. The van der Waals surface area contributed by atoms with Gasteiger partial charge in [0.25, 0.3) is 0 Å². The Kier molecular flexibility index (Phi) is 10.9. The van der Waals surface area contributed by atoms with Gasteiger partial charge in [-0.3, -0.25) is 14.4 Å². The highest BCUT2D eigenvalue weighted by Gasteiger charge is 2.31. The van der Waals surface area contributed by atoms with Crippen LogP contribution < -0.4 is 21.7 Å². The average molecular weight is 618 g/mol. The number of aliphatic carboxylic acids is 1. The monoisotopic (exact) mass is 617 g/mol. The number of hydrogen-bond donors (Lipinski definition) is 8. The number of carboxylic acids is 1. The van der Waals surface area contributed by atoms with Crippen molar-refractivity contribution in [2.75, 3.05) is 0 Å². The minimum atomic E-state index is -1.31. The third-order valence-electron chi connectivity index (χ3n) is 7.40. The fourth-order valence-corrected chi connectivity index (χ4v) is 5.06. The van der Waals surface area contributed by atoms with E-state index >= 15 is 0 Å². The maximum Gasteiger partial charge on any atom is 0.326 e. The maximum atomic E-state index is 13.9. The van der Waals surface area contributed by atoms with Crippen LogP contribution in [0.4, 0.5) is 0 Å². The number of hydrogen-bond acceptors (Lipinski definition) is 7. The number of phenols is 1. The number of aromatic nitrogens is 3. The molecule has 2 heterocycles. The number of H-pyrrole nitrogens is 2. The first kappa shape index (κ1) is 32.7. The summed E-state index contributed by atoms with van der Waals surface area (Å²) in [5.41, 5.74) is 8.87. The van der Waals surface area contributed by atoms with Crippen LogP contribution in [0, 0.1) is 5.92 Å². The third-order valence-corrected chi connectivity index (χ3v) is 7.40. The van der Waals surface area contributed by atoms with Crippen LogP contribution in [-0.4, -0.2) is 73.0 Å². The average Bonchev–Trinajstić information content (AvgIpc) is 3.66. The predicted octanol–water partition coefficient (Wildman–Crippen LogP) is 1.54. The Labute approximate surface area is 260 Å². The molecule has 4 rings (SSSR count). The Hall–Kier alpha value is -5.17. The Bertz CT molecular complexity index is 1600. The summed E-state index contributed by atoms with van der Waals surface area (Å²) in [6, 6.07) is 9.12. The number of nitrogens with one attached hydrogen (secondary N) is 5. The first-order valence-electron chi connectivity index (χ1n) is 14.7. The first-order valence-corrected chi connectivity index (χ1v) is 14.7. The molecule has 0 saturated carbocycles. The fraction of sp³-hybridized carbons (Fsp3) is 0.344. The molecular formula is C32H39N7O6. The number of imidazole rings is 1. The van der Waals surface area contributed by atoms with E-state index in [-0.39, 0.29) is 30.9 Å². The molecule has 13 heteroatoms. The summed E-state index contributed by atoms with van der Waals surface area (Å²) in [6.07, 6.45) is 5.05. The van der Waals surface area contributed by atoms with Gasteiger partial charge < -0.3 is 41.9 Å². The highest BCUT2D eigenvalue weighted by Crippen LogP contribution is 2.20. The molecule has 0 bridgehead atoms. The van der Waals surface area contributed by atoms with E-state index in [1.165, 1.54) is 24.7 Å². The van der Waals surface area contributed by atoms with E-state index in [1.807, 2.05) is 38.1 Å². The molecule has 0 radical (unpaired) electrons. The molecule has 0 aliphatic heterocycles. The van der Waals surface area contributed by atoms with Crippen LogP contribution in [0.1, 0.15) is 37.1 Å². The minimum absolute atomic E-state index is 0.0190. The zero-order chi connectivity index (χ0) is 32.5. The van der Waals surface area contributed by atoms with E-state index < -0.39 is 47.9 Å². The normalized spacial score (nSPS) is 14.0. The molecule has 45 heavy (non-hydrogen) atoms. The number of para-hydroxylation sites is 1. The van der Waals surface area contributed by atoms with Gasteiger partial charge in [-0.2, -0.15) is 0 Å². The Balaban J connectivity index is 1.60. The molecule has 4 unspecified atom stereocenters. The van der Waals surface area contributed by atoms with Gasteiger partial charge in [0.1, 0.15) is 23.9 Å². The summed E-state index contributed by atoms with van der Waals surface area (Å²) in [7, 11) is 0. The van der Waals surface area contributed by atoms with Crippen LogP contribution in [0.3, 0.4) is 0 Å². The number of fused-ring (bicyclic) bond motifs is 1. The summed E-state index contributed by atoms with van der Waals surface area (Å²) < 4.78 is 0. The third kappa shape index (κ3) is 9.16. The number of amides is 3. The Morgan fingerprint density at radius 2 is 1.49 bits per heavy atom. The molecule has 13 nitrogen and oxygen atoms in total. The topological polar surface area (TPSA) is 215 Å². The van der Waals surface area contributed by atoms with Crippen molar-refractivity contribution in [3.8, 4) is 5.75 Å². The second-order valence-corrected chi connectivity index (χ2v) is 11.5. The number of nitrogens with zero attached hydrogens (tertiary/aromatic N) is 1.